The molecule has 1 spiro atoms. The molecule has 84 valence electrons. The van der Waals surface area contributed by atoms with E-state index < -0.39 is 11.6 Å². The van der Waals surface area contributed by atoms with E-state index in [9.17, 15) is 9.59 Å². The minimum atomic E-state index is -1.09. The van der Waals surface area contributed by atoms with E-state index in [1.807, 2.05) is 0 Å². The number of imide groups is 1. The van der Waals surface area contributed by atoms with Crippen molar-refractivity contribution in [2.45, 2.75) is 37.6 Å². The van der Waals surface area contributed by atoms with E-state index in [4.69, 9.17) is 5.11 Å². The Morgan fingerprint density at radius 1 is 1.33 bits per heavy atom. The van der Waals surface area contributed by atoms with E-state index in [1.54, 1.807) is 0 Å². The highest BCUT2D eigenvalue weighted by Crippen LogP contribution is 2.34. The van der Waals surface area contributed by atoms with Gasteiger partial charge in [-0.05, 0) is 12.8 Å². The second-order valence-electron chi connectivity index (χ2n) is 4.40. The van der Waals surface area contributed by atoms with Gasteiger partial charge in [-0.3, -0.25) is 4.79 Å². The summed E-state index contributed by atoms with van der Waals surface area (Å²) in [4.78, 5) is 23.8. The first-order chi connectivity index (χ1) is 7.16. The lowest BCUT2D eigenvalue weighted by Gasteiger charge is -2.46. The first kappa shape index (κ1) is 10.4. The number of carbonyl (C=O) groups excluding carboxylic acids is 1. The average molecular weight is 212 g/mol. The van der Waals surface area contributed by atoms with Crippen LogP contribution in [0.25, 0.3) is 0 Å². The van der Waals surface area contributed by atoms with E-state index in [0.29, 0.717) is 6.54 Å². The molecule has 0 aromatic heterocycles. The Balaban J connectivity index is 2.25. The van der Waals surface area contributed by atoms with Gasteiger partial charge in [-0.2, -0.15) is 0 Å². The topological polar surface area (TPSA) is 69.6 Å². The molecule has 2 N–H and O–H groups in total. The summed E-state index contributed by atoms with van der Waals surface area (Å²) in [5.41, 5.74) is -0.459. The molecule has 15 heavy (non-hydrogen) atoms. The van der Waals surface area contributed by atoms with Gasteiger partial charge in [0.25, 0.3) is 0 Å². The fourth-order valence-electron chi connectivity index (χ4n) is 2.74. The predicted octanol–water partition coefficient (Wildman–Crippen LogP) is 0.799. The monoisotopic (exact) mass is 212 g/mol. The number of hydrogen-bond donors (Lipinski definition) is 2. The van der Waals surface area contributed by atoms with Crippen LogP contribution in [-0.2, 0) is 4.79 Å². The second-order valence-corrected chi connectivity index (χ2v) is 4.40. The molecule has 5 heteroatoms. The molecule has 2 fully saturated rings. The molecule has 1 saturated carbocycles. The summed E-state index contributed by atoms with van der Waals surface area (Å²) >= 11 is 0. The first-order valence-corrected chi connectivity index (χ1v) is 5.42. The van der Waals surface area contributed by atoms with Gasteiger partial charge in [0.15, 0.2) is 0 Å². The molecule has 1 aliphatic heterocycles. The Morgan fingerprint density at radius 2 is 2.00 bits per heavy atom. The van der Waals surface area contributed by atoms with E-state index in [0.717, 1.165) is 37.0 Å². The van der Waals surface area contributed by atoms with Gasteiger partial charge in [0.2, 0.25) is 5.91 Å². The second kappa shape index (κ2) is 3.81. The zero-order valence-corrected chi connectivity index (χ0v) is 8.66. The van der Waals surface area contributed by atoms with Crippen LogP contribution in [0.2, 0.25) is 0 Å². The van der Waals surface area contributed by atoms with Crippen molar-refractivity contribution in [1.82, 2.24) is 10.2 Å². The van der Waals surface area contributed by atoms with Crippen LogP contribution in [0, 0.1) is 0 Å². The van der Waals surface area contributed by atoms with Crippen LogP contribution in [-0.4, -0.2) is 40.6 Å². The molecule has 1 heterocycles. The maximum absolute atomic E-state index is 11.6. The summed E-state index contributed by atoms with van der Waals surface area (Å²) in [7, 11) is 0. The van der Waals surface area contributed by atoms with Gasteiger partial charge in [-0.1, -0.05) is 19.3 Å². The van der Waals surface area contributed by atoms with Gasteiger partial charge in [0.05, 0.1) is 12.1 Å². The quantitative estimate of drug-likeness (QED) is 0.623. The molecule has 0 unspecified atom stereocenters. The zero-order valence-electron chi connectivity index (χ0n) is 8.66. The number of amides is 2. The van der Waals surface area contributed by atoms with Gasteiger partial charge in [0, 0.05) is 6.54 Å². The van der Waals surface area contributed by atoms with Crippen molar-refractivity contribution in [1.29, 1.82) is 0 Å². The molecule has 1 saturated heterocycles. The lowest BCUT2D eigenvalue weighted by molar-refractivity contribution is -0.138. The largest absolute Gasteiger partial charge is 0.465 e. The van der Waals surface area contributed by atoms with Gasteiger partial charge in [-0.15, -0.1) is 0 Å². The number of carboxylic acid groups (broad SMARTS) is 1. The van der Waals surface area contributed by atoms with Crippen molar-refractivity contribution >= 4 is 12.0 Å². The highest BCUT2D eigenvalue weighted by molar-refractivity contribution is 5.94. The van der Waals surface area contributed by atoms with Crippen LogP contribution in [0.5, 0.6) is 0 Å². The fraction of sp³-hybridized carbons (Fsp3) is 0.800. The van der Waals surface area contributed by atoms with Gasteiger partial charge in [0.1, 0.15) is 0 Å². The Hall–Kier alpha value is -1.10. The smallest absolute Gasteiger partial charge is 0.414 e. The lowest BCUT2D eigenvalue weighted by atomic mass is 9.79. The molecule has 0 aromatic carbocycles. The van der Waals surface area contributed by atoms with Gasteiger partial charge >= 0.3 is 6.09 Å². The SMILES string of the molecule is O=C(O)N1C(=O)CNCC12CCCCC2. The third kappa shape index (κ3) is 1.71. The molecular weight excluding hydrogens is 196 g/mol. The molecule has 2 amide bonds. The lowest BCUT2D eigenvalue weighted by Crippen LogP contribution is -2.65. The van der Waals surface area contributed by atoms with Crippen molar-refractivity contribution < 1.29 is 14.7 Å². The van der Waals surface area contributed by atoms with E-state index in [2.05, 4.69) is 5.32 Å². The molecule has 2 rings (SSSR count). The Kier molecular flexibility index (Phi) is 2.65. The number of hydrogen-bond acceptors (Lipinski definition) is 3. The van der Waals surface area contributed by atoms with Crippen molar-refractivity contribution in [2.24, 2.45) is 0 Å². The van der Waals surface area contributed by atoms with Crippen molar-refractivity contribution in [3.63, 3.8) is 0 Å². The van der Waals surface area contributed by atoms with Crippen LogP contribution in [0.3, 0.4) is 0 Å². The standard InChI is InChI=1S/C10H16N2O3/c13-8-6-11-7-10(12(8)9(14)15)4-2-1-3-5-10/h11H,1-7H2,(H,14,15). The van der Waals surface area contributed by atoms with E-state index in [-0.39, 0.29) is 12.5 Å². The highest BCUT2D eigenvalue weighted by Gasteiger charge is 2.46. The maximum atomic E-state index is 11.6. The Labute approximate surface area is 88.4 Å². The molecule has 0 aromatic rings. The third-order valence-electron chi connectivity index (χ3n) is 3.43. The Morgan fingerprint density at radius 3 is 2.60 bits per heavy atom. The molecule has 0 radical (unpaired) electrons. The van der Waals surface area contributed by atoms with E-state index in [1.165, 1.54) is 0 Å². The zero-order chi connectivity index (χ0) is 10.9. The number of nitrogens with zero attached hydrogens (tertiary/aromatic N) is 1. The van der Waals surface area contributed by atoms with Crippen LogP contribution in [0.4, 0.5) is 4.79 Å². The molecule has 1 aliphatic carbocycles. The van der Waals surface area contributed by atoms with Crippen LogP contribution >= 0.6 is 0 Å². The summed E-state index contributed by atoms with van der Waals surface area (Å²) in [5.74, 6) is -0.310. The molecular formula is C10H16N2O3. The van der Waals surface area contributed by atoms with Gasteiger partial charge in [-0.25, -0.2) is 9.69 Å². The Bertz CT molecular complexity index is 279. The van der Waals surface area contributed by atoms with Crippen molar-refractivity contribution in [2.75, 3.05) is 13.1 Å². The van der Waals surface area contributed by atoms with Crippen LogP contribution in [0.1, 0.15) is 32.1 Å². The minimum Gasteiger partial charge on any atom is -0.465 e. The molecule has 0 bridgehead atoms. The fourth-order valence-corrected chi connectivity index (χ4v) is 2.74. The van der Waals surface area contributed by atoms with Crippen molar-refractivity contribution in [3.8, 4) is 0 Å². The van der Waals surface area contributed by atoms with Crippen molar-refractivity contribution in [3.05, 3.63) is 0 Å². The van der Waals surface area contributed by atoms with Crippen LogP contribution < -0.4 is 5.32 Å². The average Bonchev–Trinajstić information content (AvgIpc) is 2.18. The van der Waals surface area contributed by atoms with Crippen LogP contribution in [0.15, 0.2) is 0 Å². The summed E-state index contributed by atoms with van der Waals surface area (Å²) in [6, 6.07) is 0. The minimum absolute atomic E-state index is 0.147. The van der Waals surface area contributed by atoms with E-state index >= 15 is 0 Å². The molecule has 2 aliphatic rings. The molecule has 5 nitrogen and oxygen atoms in total. The summed E-state index contributed by atoms with van der Waals surface area (Å²) in [6.07, 6.45) is 3.68. The normalized spacial score (nSPS) is 25.6. The maximum Gasteiger partial charge on any atom is 0.414 e. The van der Waals surface area contributed by atoms with Gasteiger partial charge < -0.3 is 10.4 Å². The first-order valence-electron chi connectivity index (χ1n) is 5.42. The molecule has 0 atom stereocenters. The number of carbonyl (C=O) groups is 2. The highest BCUT2D eigenvalue weighted by atomic mass is 16.4. The predicted molar refractivity (Wildman–Crippen MR) is 53.6 cm³/mol. The number of nitrogens with one attached hydrogen (secondary N) is 1. The summed E-state index contributed by atoms with van der Waals surface area (Å²) in [6.45, 7) is 0.763. The summed E-state index contributed by atoms with van der Waals surface area (Å²) in [5, 5.41) is 12.1. The summed E-state index contributed by atoms with van der Waals surface area (Å²) < 4.78 is 0. The third-order valence-corrected chi connectivity index (χ3v) is 3.43. The number of piperazine rings is 1. The number of rotatable bonds is 0.